The fourth-order valence-electron chi connectivity index (χ4n) is 2.01. The number of rotatable bonds is 3. The number of phenols is 1. The minimum absolute atomic E-state index is 0.272. The van der Waals surface area contributed by atoms with Gasteiger partial charge in [-0.05, 0) is 32.5 Å². The van der Waals surface area contributed by atoms with Crippen molar-refractivity contribution in [2.24, 2.45) is 5.73 Å². The molecule has 0 atom stereocenters. The first kappa shape index (κ1) is 11.0. The molecule has 0 saturated carbocycles. The van der Waals surface area contributed by atoms with Gasteiger partial charge in [0.25, 0.3) is 0 Å². The number of nitrogens with zero attached hydrogens (tertiary/aromatic N) is 2. The lowest BCUT2D eigenvalue weighted by molar-refractivity contribution is 0.475. The van der Waals surface area contributed by atoms with Crippen molar-refractivity contribution in [1.82, 2.24) is 9.55 Å². The number of hydrogen-bond acceptors (Lipinski definition) is 3. The Hall–Kier alpha value is -1.55. The number of fused-ring (bicyclic) bond motifs is 1. The van der Waals surface area contributed by atoms with Crippen molar-refractivity contribution >= 4 is 11.0 Å². The van der Waals surface area contributed by atoms with E-state index in [-0.39, 0.29) is 5.75 Å². The highest BCUT2D eigenvalue weighted by Crippen LogP contribution is 2.24. The normalized spacial score (nSPS) is 11.5. The van der Waals surface area contributed by atoms with Gasteiger partial charge in [-0.2, -0.15) is 0 Å². The Morgan fingerprint density at radius 3 is 2.81 bits per heavy atom. The molecule has 4 nitrogen and oxygen atoms in total. The summed E-state index contributed by atoms with van der Waals surface area (Å²) in [4.78, 5) is 4.54. The second-order valence-corrected chi connectivity index (χ2v) is 4.20. The molecule has 0 bridgehead atoms. The molecule has 0 radical (unpaired) electrons. The molecule has 16 heavy (non-hydrogen) atoms. The van der Waals surface area contributed by atoms with E-state index in [1.165, 1.54) is 0 Å². The highest BCUT2D eigenvalue weighted by Gasteiger charge is 2.12. The van der Waals surface area contributed by atoms with Crippen molar-refractivity contribution in [3.63, 3.8) is 0 Å². The fourth-order valence-corrected chi connectivity index (χ4v) is 2.01. The summed E-state index contributed by atoms with van der Waals surface area (Å²) in [6.45, 7) is 4.79. The van der Waals surface area contributed by atoms with Gasteiger partial charge in [-0.1, -0.05) is 0 Å². The molecule has 0 spiro atoms. The van der Waals surface area contributed by atoms with Crippen molar-refractivity contribution in [2.75, 3.05) is 6.54 Å². The third-order valence-electron chi connectivity index (χ3n) is 2.63. The van der Waals surface area contributed by atoms with Crippen LogP contribution in [0.4, 0.5) is 0 Å². The minimum atomic E-state index is 0.272. The van der Waals surface area contributed by atoms with Crippen LogP contribution in [0.5, 0.6) is 5.75 Å². The maximum absolute atomic E-state index is 9.51. The van der Waals surface area contributed by atoms with Crippen molar-refractivity contribution in [1.29, 1.82) is 0 Å². The van der Waals surface area contributed by atoms with Gasteiger partial charge in [0.05, 0.1) is 11.0 Å². The van der Waals surface area contributed by atoms with E-state index in [9.17, 15) is 5.11 Å². The summed E-state index contributed by atoms with van der Waals surface area (Å²) in [6, 6.07) is 5.56. The Morgan fingerprint density at radius 2 is 2.19 bits per heavy atom. The van der Waals surface area contributed by atoms with Crippen LogP contribution in [0.2, 0.25) is 0 Å². The van der Waals surface area contributed by atoms with Gasteiger partial charge in [0.2, 0.25) is 0 Å². The molecular formula is C12H17N3O. The van der Waals surface area contributed by atoms with Gasteiger partial charge in [-0.15, -0.1) is 0 Å². The van der Waals surface area contributed by atoms with Crippen LogP contribution in [0.15, 0.2) is 18.2 Å². The smallest absolute Gasteiger partial charge is 0.117 e. The SMILES string of the molecule is CC(C)n1c(CCN)nc2ccc(O)cc21. The maximum Gasteiger partial charge on any atom is 0.117 e. The van der Waals surface area contributed by atoms with E-state index in [4.69, 9.17) is 5.73 Å². The molecule has 0 aliphatic carbocycles. The van der Waals surface area contributed by atoms with E-state index < -0.39 is 0 Å². The van der Waals surface area contributed by atoms with Gasteiger partial charge in [-0.3, -0.25) is 0 Å². The highest BCUT2D eigenvalue weighted by atomic mass is 16.3. The minimum Gasteiger partial charge on any atom is -0.508 e. The molecular weight excluding hydrogens is 202 g/mol. The zero-order valence-corrected chi connectivity index (χ0v) is 9.64. The van der Waals surface area contributed by atoms with E-state index in [1.807, 2.05) is 6.07 Å². The summed E-state index contributed by atoms with van der Waals surface area (Å²) < 4.78 is 2.13. The first-order valence-corrected chi connectivity index (χ1v) is 5.53. The van der Waals surface area contributed by atoms with Crippen LogP contribution in [-0.2, 0) is 6.42 Å². The summed E-state index contributed by atoms with van der Waals surface area (Å²) in [6.07, 6.45) is 0.758. The second kappa shape index (κ2) is 4.14. The molecule has 1 aromatic carbocycles. The molecule has 86 valence electrons. The van der Waals surface area contributed by atoms with Gasteiger partial charge >= 0.3 is 0 Å². The van der Waals surface area contributed by atoms with Crippen LogP contribution in [0.3, 0.4) is 0 Å². The van der Waals surface area contributed by atoms with Crippen LogP contribution < -0.4 is 5.73 Å². The highest BCUT2D eigenvalue weighted by molar-refractivity contribution is 5.77. The molecule has 0 aliphatic heterocycles. The van der Waals surface area contributed by atoms with E-state index in [1.54, 1.807) is 12.1 Å². The van der Waals surface area contributed by atoms with Gasteiger partial charge < -0.3 is 15.4 Å². The van der Waals surface area contributed by atoms with Crippen molar-refractivity contribution in [3.05, 3.63) is 24.0 Å². The van der Waals surface area contributed by atoms with Gasteiger partial charge in [0.1, 0.15) is 11.6 Å². The van der Waals surface area contributed by atoms with Gasteiger partial charge in [-0.25, -0.2) is 4.98 Å². The molecule has 1 heterocycles. The quantitative estimate of drug-likeness (QED) is 0.827. The summed E-state index contributed by atoms with van der Waals surface area (Å²) in [5.41, 5.74) is 7.46. The average molecular weight is 219 g/mol. The predicted molar refractivity (Wildman–Crippen MR) is 64.5 cm³/mol. The Morgan fingerprint density at radius 1 is 1.44 bits per heavy atom. The van der Waals surface area contributed by atoms with Crippen LogP contribution in [0, 0.1) is 0 Å². The predicted octanol–water partition coefficient (Wildman–Crippen LogP) is 1.82. The summed E-state index contributed by atoms with van der Waals surface area (Å²) >= 11 is 0. The molecule has 4 heteroatoms. The zero-order valence-electron chi connectivity index (χ0n) is 9.64. The van der Waals surface area contributed by atoms with Gasteiger partial charge in [0.15, 0.2) is 0 Å². The second-order valence-electron chi connectivity index (χ2n) is 4.20. The monoisotopic (exact) mass is 219 g/mol. The van der Waals surface area contributed by atoms with E-state index in [0.29, 0.717) is 12.6 Å². The molecule has 0 fully saturated rings. The van der Waals surface area contributed by atoms with Crippen LogP contribution in [-0.4, -0.2) is 21.2 Å². The topological polar surface area (TPSA) is 64.1 Å². The Kier molecular flexibility index (Phi) is 2.83. The maximum atomic E-state index is 9.51. The Balaban J connectivity index is 2.67. The molecule has 2 rings (SSSR count). The molecule has 3 N–H and O–H groups in total. The number of phenolic OH excluding ortho intramolecular Hbond substituents is 1. The number of nitrogens with two attached hydrogens (primary N) is 1. The lowest BCUT2D eigenvalue weighted by Crippen LogP contribution is -2.11. The summed E-state index contributed by atoms with van der Waals surface area (Å²) in [7, 11) is 0. The number of aromatic nitrogens is 2. The fraction of sp³-hybridized carbons (Fsp3) is 0.417. The van der Waals surface area contributed by atoms with E-state index in [2.05, 4.69) is 23.4 Å². The molecule has 0 aliphatic rings. The summed E-state index contributed by atoms with van der Waals surface area (Å²) in [5.74, 6) is 1.26. The standard InChI is InChI=1S/C12H17N3O/c1-8(2)15-11-7-9(16)3-4-10(11)14-12(15)5-6-13/h3-4,7-8,16H,5-6,13H2,1-2H3. The number of imidazole rings is 1. The third kappa shape index (κ3) is 1.76. The molecule has 1 aromatic heterocycles. The van der Waals surface area contributed by atoms with E-state index in [0.717, 1.165) is 23.3 Å². The van der Waals surface area contributed by atoms with Gasteiger partial charge in [0, 0.05) is 18.5 Å². The third-order valence-corrected chi connectivity index (χ3v) is 2.63. The number of hydrogen-bond donors (Lipinski definition) is 2. The van der Waals surface area contributed by atoms with Crippen molar-refractivity contribution < 1.29 is 5.11 Å². The van der Waals surface area contributed by atoms with E-state index >= 15 is 0 Å². The number of benzene rings is 1. The number of aromatic hydroxyl groups is 1. The molecule has 0 unspecified atom stereocenters. The largest absolute Gasteiger partial charge is 0.508 e. The van der Waals surface area contributed by atoms with Crippen molar-refractivity contribution in [3.8, 4) is 5.75 Å². The van der Waals surface area contributed by atoms with Crippen LogP contribution in [0.25, 0.3) is 11.0 Å². The lowest BCUT2D eigenvalue weighted by Gasteiger charge is -2.12. The first-order valence-electron chi connectivity index (χ1n) is 5.53. The first-order chi connectivity index (χ1) is 7.63. The molecule has 2 aromatic rings. The average Bonchev–Trinajstić information content (AvgIpc) is 2.55. The Bertz CT molecular complexity index is 502. The summed E-state index contributed by atoms with van der Waals surface area (Å²) in [5, 5.41) is 9.51. The van der Waals surface area contributed by atoms with Crippen LogP contribution in [0.1, 0.15) is 25.7 Å². The molecule has 0 saturated heterocycles. The lowest BCUT2D eigenvalue weighted by atomic mass is 10.2. The van der Waals surface area contributed by atoms with Crippen molar-refractivity contribution in [2.45, 2.75) is 26.3 Å². The Labute approximate surface area is 94.7 Å². The zero-order chi connectivity index (χ0) is 11.7. The molecule has 0 amide bonds. The van der Waals surface area contributed by atoms with Crippen LogP contribution >= 0.6 is 0 Å².